The van der Waals surface area contributed by atoms with E-state index in [-0.39, 0.29) is 12.3 Å². The van der Waals surface area contributed by atoms with E-state index in [1.165, 1.54) is 0 Å². The predicted molar refractivity (Wildman–Crippen MR) is 88.1 cm³/mol. The van der Waals surface area contributed by atoms with Crippen LogP contribution < -0.4 is 9.96 Å². The molecule has 0 unspecified atom stereocenters. The van der Waals surface area contributed by atoms with Gasteiger partial charge in [0.2, 0.25) is 5.91 Å². The first-order chi connectivity index (χ1) is 11.0. The molecule has 7 heteroatoms. The van der Waals surface area contributed by atoms with Crippen molar-refractivity contribution in [3.63, 3.8) is 0 Å². The molecule has 1 N–H and O–H groups in total. The average Bonchev–Trinajstić information content (AvgIpc) is 2.83. The Labute approximate surface area is 142 Å². The maximum atomic E-state index is 12.5. The zero-order valence-corrected chi connectivity index (χ0v) is 13.3. The highest BCUT2D eigenvalue weighted by atomic mass is 35.5. The second-order valence-corrected chi connectivity index (χ2v) is 5.96. The molecule has 1 heterocycles. The molecule has 1 fully saturated rings. The number of benzene rings is 2. The average molecular weight is 351 g/mol. The van der Waals surface area contributed by atoms with Crippen molar-refractivity contribution < 1.29 is 14.8 Å². The van der Waals surface area contributed by atoms with Gasteiger partial charge in [-0.3, -0.25) is 14.8 Å². The van der Waals surface area contributed by atoms with Crippen LogP contribution in [0.5, 0.6) is 0 Å². The van der Waals surface area contributed by atoms with E-state index in [9.17, 15) is 14.8 Å². The van der Waals surface area contributed by atoms with Crippen molar-refractivity contribution in [2.45, 2.75) is 12.5 Å². The molecule has 0 aliphatic carbocycles. The quantitative estimate of drug-likeness (QED) is 0.679. The van der Waals surface area contributed by atoms with Gasteiger partial charge < -0.3 is 0 Å². The van der Waals surface area contributed by atoms with Gasteiger partial charge in [0.1, 0.15) is 6.04 Å². The van der Waals surface area contributed by atoms with Crippen LogP contribution in [0.25, 0.3) is 0 Å². The maximum absolute atomic E-state index is 12.5. The van der Waals surface area contributed by atoms with Crippen LogP contribution in [0.3, 0.4) is 0 Å². The largest absolute Gasteiger partial charge is 0.288 e. The fraction of sp³-hybridized carbons (Fsp3) is 0.125. The lowest BCUT2D eigenvalue weighted by atomic mass is 10.2. The number of hydroxylamine groups is 1. The number of carbonyl (C=O) groups is 2. The van der Waals surface area contributed by atoms with E-state index in [1.54, 1.807) is 48.5 Å². The lowest BCUT2D eigenvalue weighted by Crippen LogP contribution is -2.40. The van der Waals surface area contributed by atoms with Gasteiger partial charge in [0.25, 0.3) is 5.91 Å². The van der Waals surface area contributed by atoms with E-state index in [0.29, 0.717) is 21.4 Å². The summed E-state index contributed by atoms with van der Waals surface area (Å²) >= 11 is 11.6. The first kappa shape index (κ1) is 15.8. The minimum absolute atomic E-state index is 0.111. The molecule has 3 rings (SSSR count). The molecule has 0 radical (unpaired) electrons. The Morgan fingerprint density at radius 2 is 1.48 bits per heavy atom. The van der Waals surface area contributed by atoms with Gasteiger partial charge in [0.15, 0.2) is 0 Å². The van der Waals surface area contributed by atoms with Crippen molar-refractivity contribution in [3.8, 4) is 0 Å². The summed E-state index contributed by atoms with van der Waals surface area (Å²) in [6, 6.07) is 11.7. The normalized spacial score (nSPS) is 17.7. The third-order valence-electron chi connectivity index (χ3n) is 3.59. The fourth-order valence-corrected chi connectivity index (χ4v) is 2.69. The van der Waals surface area contributed by atoms with E-state index in [1.807, 2.05) is 0 Å². The molecule has 1 aliphatic heterocycles. The molecule has 23 heavy (non-hydrogen) atoms. The Hall–Kier alpha value is -2.08. The van der Waals surface area contributed by atoms with Gasteiger partial charge in [0.05, 0.1) is 17.8 Å². The van der Waals surface area contributed by atoms with Crippen molar-refractivity contribution in [1.82, 2.24) is 0 Å². The van der Waals surface area contributed by atoms with Crippen molar-refractivity contribution in [2.75, 3.05) is 9.96 Å². The molecule has 1 aliphatic rings. The lowest BCUT2D eigenvalue weighted by molar-refractivity contribution is -0.121. The Bertz CT molecular complexity index is 747. The van der Waals surface area contributed by atoms with Crippen molar-refractivity contribution in [2.24, 2.45) is 0 Å². The second-order valence-electron chi connectivity index (χ2n) is 5.08. The van der Waals surface area contributed by atoms with Gasteiger partial charge >= 0.3 is 0 Å². The first-order valence-corrected chi connectivity index (χ1v) is 7.59. The zero-order valence-electron chi connectivity index (χ0n) is 11.8. The number of hydrogen-bond donors (Lipinski definition) is 1. The minimum atomic E-state index is -0.973. The summed E-state index contributed by atoms with van der Waals surface area (Å²) in [5.41, 5.74) is 0.815. The first-order valence-electron chi connectivity index (χ1n) is 6.83. The molecule has 0 spiro atoms. The van der Waals surface area contributed by atoms with Crippen LogP contribution in [0.2, 0.25) is 10.0 Å². The zero-order chi connectivity index (χ0) is 16.6. The third-order valence-corrected chi connectivity index (χ3v) is 4.10. The number of amides is 2. The highest BCUT2D eigenvalue weighted by Crippen LogP contribution is 2.29. The SMILES string of the molecule is O=C1C[C@H](N(O)c2ccc(Cl)cc2)C(=O)N1c1ccc(Cl)cc1. The molecule has 0 aromatic heterocycles. The number of hydrogen-bond acceptors (Lipinski definition) is 4. The highest BCUT2D eigenvalue weighted by Gasteiger charge is 2.43. The Kier molecular flexibility index (Phi) is 4.26. The summed E-state index contributed by atoms with van der Waals surface area (Å²) < 4.78 is 0. The number of nitrogens with zero attached hydrogens (tertiary/aromatic N) is 2. The summed E-state index contributed by atoms with van der Waals surface area (Å²) in [4.78, 5) is 25.8. The number of carbonyl (C=O) groups excluding carboxylic acids is 2. The second kappa shape index (κ2) is 6.20. The van der Waals surface area contributed by atoms with Crippen LogP contribution in [0, 0.1) is 0 Å². The molecule has 2 amide bonds. The molecule has 5 nitrogen and oxygen atoms in total. The van der Waals surface area contributed by atoms with Crippen LogP contribution in [0.1, 0.15) is 6.42 Å². The van der Waals surface area contributed by atoms with Crippen molar-refractivity contribution in [1.29, 1.82) is 0 Å². The Morgan fingerprint density at radius 1 is 0.957 bits per heavy atom. The standard InChI is InChI=1S/C16H12Cl2N2O3/c17-10-1-5-12(6-2-10)19-15(21)9-14(16(19)22)20(23)13-7-3-11(18)4-8-13/h1-8,14,23H,9H2/t14-/m0/s1. The lowest BCUT2D eigenvalue weighted by Gasteiger charge is -2.22. The number of anilines is 2. The van der Waals surface area contributed by atoms with Gasteiger partial charge in [-0.15, -0.1) is 0 Å². The molecular weight excluding hydrogens is 339 g/mol. The summed E-state index contributed by atoms with van der Waals surface area (Å²) in [6.07, 6.45) is -0.111. The van der Waals surface area contributed by atoms with Crippen LogP contribution >= 0.6 is 23.2 Å². The van der Waals surface area contributed by atoms with Gasteiger partial charge in [0, 0.05) is 10.0 Å². The molecule has 1 saturated heterocycles. The Morgan fingerprint density at radius 3 is 2.04 bits per heavy atom. The van der Waals surface area contributed by atoms with E-state index in [0.717, 1.165) is 9.96 Å². The van der Waals surface area contributed by atoms with Crippen molar-refractivity contribution in [3.05, 3.63) is 58.6 Å². The van der Waals surface area contributed by atoms with Gasteiger partial charge in [-0.05, 0) is 48.5 Å². The molecule has 1 atom stereocenters. The topological polar surface area (TPSA) is 60.9 Å². The monoisotopic (exact) mass is 350 g/mol. The number of halogens is 2. The van der Waals surface area contributed by atoms with Gasteiger partial charge in [-0.2, -0.15) is 0 Å². The smallest absolute Gasteiger partial charge is 0.259 e. The van der Waals surface area contributed by atoms with Crippen LogP contribution in [-0.4, -0.2) is 23.1 Å². The summed E-state index contributed by atoms with van der Waals surface area (Å²) in [7, 11) is 0. The third kappa shape index (κ3) is 3.03. The molecule has 118 valence electrons. The summed E-state index contributed by atoms with van der Waals surface area (Å²) in [6.45, 7) is 0. The van der Waals surface area contributed by atoms with Gasteiger partial charge in [-0.1, -0.05) is 23.2 Å². The number of imide groups is 1. The van der Waals surface area contributed by atoms with E-state index in [4.69, 9.17) is 23.2 Å². The van der Waals surface area contributed by atoms with E-state index >= 15 is 0 Å². The summed E-state index contributed by atoms with van der Waals surface area (Å²) in [5, 5.41) is 12.1. The Balaban J connectivity index is 1.85. The molecule has 2 aromatic rings. The van der Waals surface area contributed by atoms with E-state index < -0.39 is 11.9 Å². The van der Waals surface area contributed by atoms with Crippen LogP contribution in [0.15, 0.2) is 48.5 Å². The maximum Gasteiger partial charge on any atom is 0.259 e. The van der Waals surface area contributed by atoms with Gasteiger partial charge in [-0.25, -0.2) is 9.96 Å². The molecule has 0 saturated carbocycles. The minimum Gasteiger partial charge on any atom is -0.288 e. The molecule has 0 bridgehead atoms. The van der Waals surface area contributed by atoms with E-state index in [2.05, 4.69) is 0 Å². The summed E-state index contributed by atoms with van der Waals surface area (Å²) in [5.74, 6) is -0.870. The van der Waals surface area contributed by atoms with Crippen LogP contribution in [-0.2, 0) is 9.59 Å². The van der Waals surface area contributed by atoms with Crippen molar-refractivity contribution >= 4 is 46.4 Å². The highest BCUT2D eigenvalue weighted by molar-refractivity contribution is 6.31. The molecular formula is C16H12Cl2N2O3. The predicted octanol–water partition coefficient (Wildman–Crippen LogP) is 3.52. The fourth-order valence-electron chi connectivity index (χ4n) is 2.44. The van der Waals surface area contributed by atoms with Crippen LogP contribution in [0.4, 0.5) is 11.4 Å². The molecule has 2 aromatic carbocycles. The number of rotatable bonds is 3.